The van der Waals surface area contributed by atoms with Gasteiger partial charge in [-0.3, -0.25) is 0 Å². The zero-order valence-electron chi connectivity index (χ0n) is 10.4. The zero-order valence-corrected chi connectivity index (χ0v) is 10.4. The quantitative estimate of drug-likeness (QED) is 0.804. The fourth-order valence-electron chi connectivity index (χ4n) is 3.18. The SMILES string of the molecule is COc1ccc2c(c1)CC[C@]1(C)C2=CC[C@H]1O. The van der Waals surface area contributed by atoms with E-state index in [2.05, 4.69) is 25.1 Å². The number of benzene rings is 1. The highest BCUT2D eigenvalue weighted by atomic mass is 16.5. The highest BCUT2D eigenvalue weighted by Crippen LogP contribution is 2.52. The number of aryl methyl sites for hydroxylation is 1. The van der Waals surface area contributed by atoms with Gasteiger partial charge in [0.1, 0.15) is 5.75 Å². The summed E-state index contributed by atoms with van der Waals surface area (Å²) in [5.74, 6) is 0.923. The van der Waals surface area contributed by atoms with E-state index >= 15 is 0 Å². The number of ether oxygens (including phenoxy) is 1. The Bertz CT molecular complexity index is 490. The Kier molecular flexibility index (Phi) is 2.30. The van der Waals surface area contributed by atoms with Crippen LogP contribution in [0, 0.1) is 5.41 Å². The summed E-state index contributed by atoms with van der Waals surface area (Å²) in [5, 5.41) is 10.1. The van der Waals surface area contributed by atoms with Crippen LogP contribution in [-0.4, -0.2) is 18.3 Å². The summed E-state index contributed by atoms with van der Waals surface area (Å²) in [7, 11) is 1.70. The van der Waals surface area contributed by atoms with Crippen molar-refractivity contribution in [2.24, 2.45) is 5.41 Å². The summed E-state index contributed by atoms with van der Waals surface area (Å²) < 4.78 is 5.27. The molecule has 90 valence electrons. The minimum atomic E-state index is -0.215. The van der Waals surface area contributed by atoms with Gasteiger partial charge in [0.05, 0.1) is 13.2 Å². The Morgan fingerprint density at radius 3 is 3.00 bits per heavy atom. The van der Waals surface area contributed by atoms with E-state index in [9.17, 15) is 5.11 Å². The molecule has 0 spiro atoms. The minimum absolute atomic E-state index is 0.0401. The van der Waals surface area contributed by atoms with Crippen molar-refractivity contribution >= 4 is 5.57 Å². The standard InChI is InChI=1S/C15H18O2/c1-15-8-7-10-9-11(17-2)3-4-12(10)13(15)5-6-14(15)16/h3-5,9,14,16H,6-8H2,1-2H3/t14-,15-/m1/s1. The second-order valence-electron chi connectivity index (χ2n) is 5.31. The number of methoxy groups -OCH3 is 1. The van der Waals surface area contributed by atoms with Gasteiger partial charge in [-0.05, 0) is 48.1 Å². The first-order chi connectivity index (χ1) is 8.15. The fourth-order valence-corrected chi connectivity index (χ4v) is 3.18. The van der Waals surface area contributed by atoms with Gasteiger partial charge in [-0.1, -0.05) is 19.1 Å². The molecular formula is C15H18O2. The summed E-state index contributed by atoms with van der Waals surface area (Å²) in [4.78, 5) is 0. The van der Waals surface area contributed by atoms with Gasteiger partial charge in [0.25, 0.3) is 0 Å². The number of rotatable bonds is 1. The van der Waals surface area contributed by atoms with Crippen molar-refractivity contribution in [1.29, 1.82) is 0 Å². The molecule has 0 aliphatic heterocycles. The van der Waals surface area contributed by atoms with Crippen molar-refractivity contribution in [1.82, 2.24) is 0 Å². The molecule has 2 aliphatic carbocycles. The van der Waals surface area contributed by atoms with Crippen LogP contribution in [-0.2, 0) is 6.42 Å². The molecule has 2 atom stereocenters. The van der Waals surface area contributed by atoms with E-state index in [1.54, 1.807) is 7.11 Å². The van der Waals surface area contributed by atoms with E-state index in [4.69, 9.17) is 4.74 Å². The smallest absolute Gasteiger partial charge is 0.119 e. The number of fused-ring (bicyclic) bond motifs is 3. The molecule has 0 unspecified atom stereocenters. The molecule has 0 radical (unpaired) electrons. The Labute approximate surface area is 102 Å². The molecule has 3 rings (SSSR count). The molecule has 0 aromatic heterocycles. The summed E-state index contributed by atoms with van der Waals surface area (Å²) in [6.07, 6.45) is 4.83. The van der Waals surface area contributed by atoms with Gasteiger partial charge in [-0.2, -0.15) is 0 Å². The van der Waals surface area contributed by atoms with E-state index in [1.807, 2.05) is 6.07 Å². The highest BCUT2D eigenvalue weighted by molar-refractivity contribution is 5.77. The van der Waals surface area contributed by atoms with Crippen LogP contribution in [0.1, 0.15) is 30.9 Å². The van der Waals surface area contributed by atoms with Gasteiger partial charge in [0.2, 0.25) is 0 Å². The molecule has 0 saturated carbocycles. The van der Waals surface area contributed by atoms with Crippen molar-refractivity contribution in [3.63, 3.8) is 0 Å². The zero-order chi connectivity index (χ0) is 12.0. The van der Waals surface area contributed by atoms with Crippen LogP contribution < -0.4 is 4.74 Å². The first-order valence-corrected chi connectivity index (χ1v) is 6.21. The van der Waals surface area contributed by atoms with E-state index in [0.717, 1.165) is 25.0 Å². The van der Waals surface area contributed by atoms with Crippen LogP contribution in [0.4, 0.5) is 0 Å². The van der Waals surface area contributed by atoms with Gasteiger partial charge in [-0.25, -0.2) is 0 Å². The highest BCUT2D eigenvalue weighted by Gasteiger charge is 2.43. The Hall–Kier alpha value is -1.28. The number of aliphatic hydroxyl groups is 1. The average Bonchev–Trinajstić information content (AvgIpc) is 2.65. The fraction of sp³-hybridized carbons (Fsp3) is 0.467. The Balaban J connectivity index is 2.09. The molecule has 1 aromatic rings. The molecule has 0 heterocycles. The van der Waals surface area contributed by atoms with Crippen molar-refractivity contribution in [2.75, 3.05) is 7.11 Å². The van der Waals surface area contributed by atoms with E-state index in [0.29, 0.717) is 0 Å². The van der Waals surface area contributed by atoms with Gasteiger partial charge in [0.15, 0.2) is 0 Å². The van der Waals surface area contributed by atoms with E-state index in [1.165, 1.54) is 16.7 Å². The summed E-state index contributed by atoms with van der Waals surface area (Å²) in [6, 6.07) is 6.27. The molecule has 1 N–H and O–H groups in total. The average molecular weight is 230 g/mol. The predicted octanol–water partition coefficient (Wildman–Crippen LogP) is 2.80. The van der Waals surface area contributed by atoms with Crippen LogP contribution in [0.2, 0.25) is 0 Å². The molecule has 0 fully saturated rings. The predicted molar refractivity (Wildman–Crippen MR) is 68.0 cm³/mol. The van der Waals surface area contributed by atoms with Crippen molar-refractivity contribution < 1.29 is 9.84 Å². The minimum Gasteiger partial charge on any atom is -0.497 e. The van der Waals surface area contributed by atoms with Gasteiger partial charge in [-0.15, -0.1) is 0 Å². The Morgan fingerprint density at radius 1 is 1.41 bits per heavy atom. The largest absolute Gasteiger partial charge is 0.497 e. The van der Waals surface area contributed by atoms with E-state index in [-0.39, 0.29) is 11.5 Å². The second-order valence-corrected chi connectivity index (χ2v) is 5.31. The molecule has 0 bridgehead atoms. The first kappa shape index (κ1) is 10.8. The molecular weight excluding hydrogens is 212 g/mol. The lowest BCUT2D eigenvalue weighted by Gasteiger charge is -2.37. The summed E-state index contributed by atoms with van der Waals surface area (Å²) in [6.45, 7) is 2.18. The molecule has 2 nitrogen and oxygen atoms in total. The van der Waals surface area contributed by atoms with Crippen LogP contribution in [0.5, 0.6) is 5.75 Å². The van der Waals surface area contributed by atoms with Crippen LogP contribution in [0.25, 0.3) is 5.57 Å². The lowest BCUT2D eigenvalue weighted by molar-refractivity contribution is 0.0826. The molecule has 0 saturated heterocycles. The molecule has 0 amide bonds. The lowest BCUT2D eigenvalue weighted by atomic mass is 9.69. The number of hydrogen-bond donors (Lipinski definition) is 1. The van der Waals surface area contributed by atoms with Gasteiger partial charge in [0, 0.05) is 5.41 Å². The molecule has 2 heteroatoms. The second kappa shape index (κ2) is 3.61. The third-order valence-electron chi connectivity index (χ3n) is 4.41. The molecule has 17 heavy (non-hydrogen) atoms. The maximum absolute atomic E-state index is 10.1. The first-order valence-electron chi connectivity index (χ1n) is 6.21. The maximum atomic E-state index is 10.1. The Morgan fingerprint density at radius 2 is 2.24 bits per heavy atom. The van der Waals surface area contributed by atoms with Gasteiger partial charge < -0.3 is 9.84 Å². The van der Waals surface area contributed by atoms with Crippen LogP contribution >= 0.6 is 0 Å². The molecule has 1 aromatic carbocycles. The molecule has 2 aliphatic rings. The van der Waals surface area contributed by atoms with Crippen molar-refractivity contribution in [3.8, 4) is 5.75 Å². The van der Waals surface area contributed by atoms with Crippen LogP contribution in [0.15, 0.2) is 24.3 Å². The normalized spacial score (nSPS) is 30.5. The monoisotopic (exact) mass is 230 g/mol. The van der Waals surface area contributed by atoms with Crippen molar-refractivity contribution in [3.05, 3.63) is 35.4 Å². The van der Waals surface area contributed by atoms with Crippen LogP contribution in [0.3, 0.4) is 0 Å². The maximum Gasteiger partial charge on any atom is 0.119 e. The summed E-state index contributed by atoms with van der Waals surface area (Å²) >= 11 is 0. The lowest BCUT2D eigenvalue weighted by Crippen LogP contribution is -2.32. The third kappa shape index (κ3) is 1.44. The van der Waals surface area contributed by atoms with Gasteiger partial charge >= 0.3 is 0 Å². The number of hydrogen-bond acceptors (Lipinski definition) is 2. The third-order valence-corrected chi connectivity index (χ3v) is 4.41. The van der Waals surface area contributed by atoms with Crippen molar-refractivity contribution in [2.45, 2.75) is 32.3 Å². The number of aliphatic hydroxyl groups excluding tert-OH is 1. The van der Waals surface area contributed by atoms with E-state index < -0.39 is 0 Å². The summed E-state index contributed by atoms with van der Waals surface area (Å²) in [5.41, 5.74) is 3.94. The topological polar surface area (TPSA) is 29.5 Å².